The predicted molar refractivity (Wildman–Crippen MR) is 134 cm³/mol. The number of rotatable bonds is 4. The summed E-state index contributed by atoms with van der Waals surface area (Å²) in [5.74, 6) is 0.526. The van der Waals surface area contributed by atoms with E-state index in [1.807, 2.05) is 30.3 Å². The van der Waals surface area contributed by atoms with Gasteiger partial charge >= 0.3 is 0 Å². The van der Waals surface area contributed by atoms with Crippen LogP contribution in [-0.4, -0.2) is 30.2 Å². The quantitative estimate of drug-likeness (QED) is 0.316. The first kappa shape index (κ1) is 22.2. The van der Waals surface area contributed by atoms with Crippen LogP contribution in [0.3, 0.4) is 0 Å². The number of hydrogen-bond acceptors (Lipinski definition) is 6. The van der Waals surface area contributed by atoms with E-state index in [0.29, 0.717) is 35.3 Å². The van der Waals surface area contributed by atoms with E-state index >= 15 is 0 Å². The summed E-state index contributed by atoms with van der Waals surface area (Å²) < 4.78 is 16.5. The number of ketones is 1. The Hall–Kier alpha value is -4.26. The Morgan fingerprint density at radius 3 is 2.44 bits per heavy atom. The summed E-state index contributed by atoms with van der Waals surface area (Å²) in [6.45, 7) is 4.88. The Morgan fingerprint density at radius 2 is 1.67 bits per heavy atom. The number of hydrogen-bond donors (Lipinski definition) is 1. The van der Waals surface area contributed by atoms with Gasteiger partial charge in [0.15, 0.2) is 11.5 Å². The van der Waals surface area contributed by atoms with Gasteiger partial charge in [-0.2, -0.15) is 0 Å². The Morgan fingerprint density at radius 1 is 0.917 bits per heavy atom. The first-order valence-electron chi connectivity index (χ1n) is 12.0. The molecule has 3 aromatic carbocycles. The maximum Gasteiger partial charge on any atom is 0.300 e. The summed E-state index contributed by atoms with van der Waals surface area (Å²) in [5, 5.41) is 11.4. The number of anilines is 1. The molecule has 7 heteroatoms. The minimum atomic E-state index is -0.809. The molecule has 36 heavy (non-hydrogen) atoms. The van der Waals surface area contributed by atoms with Crippen molar-refractivity contribution in [1.29, 1.82) is 0 Å². The third kappa shape index (κ3) is 3.50. The van der Waals surface area contributed by atoms with E-state index < -0.39 is 17.7 Å². The van der Waals surface area contributed by atoms with E-state index in [4.69, 9.17) is 14.2 Å². The lowest BCUT2D eigenvalue weighted by atomic mass is 9.92. The highest BCUT2D eigenvalue weighted by Gasteiger charge is 2.47. The summed E-state index contributed by atoms with van der Waals surface area (Å²) in [4.78, 5) is 28.3. The fourth-order valence-corrected chi connectivity index (χ4v) is 5.00. The number of amides is 1. The van der Waals surface area contributed by atoms with Crippen molar-refractivity contribution in [3.63, 3.8) is 0 Å². The SMILES string of the molecule is CC(C)c1ccc(C2/C(=C(\O)c3ccc4c(c3)CCO4)C(=O)C(=O)N2c2ccc3c(c2)OCO3)cc1. The fraction of sp³-hybridized carbons (Fsp3) is 0.241. The molecule has 1 fully saturated rings. The van der Waals surface area contributed by atoms with Gasteiger partial charge in [0.05, 0.1) is 18.2 Å². The highest BCUT2D eigenvalue weighted by molar-refractivity contribution is 6.51. The van der Waals surface area contributed by atoms with E-state index in [1.54, 1.807) is 30.3 Å². The maximum atomic E-state index is 13.4. The summed E-state index contributed by atoms with van der Waals surface area (Å²) in [6, 6.07) is 17.5. The molecule has 1 amide bonds. The third-order valence-corrected chi connectivity index (χ3v) is 6.96. The van der Waals surface area contributed by atoms with Crippen LogP contribution in [0.15, 0.2) is 66.2 Å². The fourth-order valence-electron chi connectivity index (χ4n) is 5.00. The van der Waals surface area contributed by atoms with Gasteiger partial charge in [0.1, 0.15) is 11.5 Å². The highest BCUT2D eigenvalue weighted by Crippen LogP contribution is 2.45. The molecule has 3 heterocycles. The van der Waals surface area contributed by atoms with E-state index in [1.165, 1.54) is 4.90 Å². The highest BCUT2D eigenvalue weighted by atomic mass is 16.7. The predicted octanol–water partition coefficient (Wildman–Crippen LogP) is 5.10. The normalized spacial score (nSPS) is 19.6. The van der Waals surface area contributed by atoms with Gasteiger partial charge in [0.25, 0.3) is 11.7 Å². The molecule has 1 saturated heterocycles. The number of aliphatic hydroxyl groups excluding tert-OH is 1. The van der Waals surface area contributed by atoms with E-state index in [9.17, 15) is 14.7 Å². The molecule has 0 bridgehead atoms. The van der Waals surface area contributed by atoms with Crippen molar-refractivity contribution in [1.82, 2.24) is 0 Å². The smallest absolute Gasteiger partial charge is 0.300 e. The van der Waals surface area contributed by atoms with Crippen LogP contribution in [-0.2, 0) is 16.0 Å². The van der Waals surface area contributed by atoms with Gasteiger partial charge in [-0.15, -0.1) is 0 Å². The van der Waals surface area contributed by atoms with Gasteiger partial charge in [0.2, 0.25) is 6.79 Å². The standard InChI is InChI=1S/C29H25NO6/c1-16(2)17-3-5-18(6-4-17)26-25(27(31)20-7-9-22-19(13-20)11-12-34-22)28(32)29(33)30(26)21-8-10-23-24(14-21)36-15-35-23/h3-10,13-14,16,26,31H,11-12,15H2,1-2H3/b27-25+. The lowest BCUT2D eigenvalue weighted by Gasteiger charge is -2.26. The molecule has 1 unspecified atom stereocenters. The molecule has 3 aromatic rings. The molecule has 0 radical (unpaired) electrons. The largest absolute Gasteiger partial charge is 0.507 e. The van der Waals surface area contributed by atoms with Gasteiger partial charge in [-0.3, -0.25) is 14.5 Å². The van der Waals surface area contributed by atoms with E-state index in [-0.39, 0.29) is 18.1 Å². The molecular weight excluding hydrogens is 458 g/mol. The van der Waals surface area contributed by atoms with Crippen molar-refractivity contribution < 1.29 is 28.9 Å². The Kier molecular flexibility index (Phi) is 5.21. The average Bonchev–Trinajstić information content (AvgIpc) is 3.61. The number of carbonyl (C=O) groups excluding carboxylic acids is 2. The molecule has 1 N–H and O–H groups in total. The molecule has 0 aliphatic carbocycles. The number of benzene rings is 3. The maximum absolute atomic E-state index is 13.4. The van der Waals surface area contributed by atoms with Gasteiger partial charge in [-0.1, -0.05) is 38.1 Å². The van der Waals surface area contributed by atoms with Gasteiger partial charge in [-0.25, -0.2) is 0 Å². The minimum Gasteiger partial charge on any atom is -0.507 e. The molecule has 0 aromatic heterocycles. The summed E-state index contributed by atoms with van der Waals surface area (Å²) >= 11 is 0. The first-order chi connectivity index (χ1) is 17.4. The second-order valence-electron chi connectivity index (χ2n) is 9.45. The van der Waals surface area contributed by atoms with Crippen molar-refractivity contribution >= 4 is 23.1 Å². The lowest BCUT2D eigenvalue weighted by Crippen LogP contribution is -2.29. The Balaban J connectivity index is 1.52. The molecule has 1 atom stereocenters. The van der Waals surface area contributed by atoms with Gasteiger partial charge < -0.3 is 19.3 Å². The van der Waals surface area contributed by atoms with Crippen molar-refractivity contribution in [3.05, 3.63) is 88.5 Å². The summed E-state index contributed by atoms with van der Waals surface area (Å²) in [7, 11) is 0. The molecule has 6 rings (SSSR count). The van der Waals surface area contributed by atoms with Crippen LogP contribution in [0.5, 0.6) is 17.2 Å². The van der Waals surface area contributed by atoms with Gasteiger partial charge in [0, 0.05) is 23.7 Å². The van der Waals surface area contributed by atoms with Crippen LogP contribution in [0.4, 0.5) is 5.69 Å². The van der Waals surface area contributed by atoms with Crippen LogP contribution in [0, 0.1) is 0 Å². The first-order valence-corrected chi connectivity index (χ1v) is 12.0. The number of carbonyl (C=O) groups is 2. The Labute approximate surface area is 208 Å². The number of aliphatic hydroxyl groups is 1. The second kappa shape index (κ2) is 8.45. The molecule has 7 nitrogen and oxygen atoms in total. The molecule has 3 aliphatic rings. The van der Waals surface area contributed by atoms with Crippen LogP contribution in [0.1, 0.15) is 48.1 Å². The molecule has 0 saturated carbocycles. The van der Waals surface area contributed by atoms with Crippen LogP contribution in [0.25, 0.3) is 5.76 Å². The van der Waals surface area contributed by atoms with E-state index in [0.717, 1.165) is 28.9 Å². The zero-order chi connectivity index (χ0) is 25.0. The zero-order valence-electron chi connectivity index (χ0n) is 20.0. The summed E-state index contributed by atoms with van der Waals surface area (Å²) in [5.41, 5.74) is 3.84. The molecular formula is C29H25NO6. The molecule has 3 aliphatic heterocycles. The van der Waals surface area contributed by atoms with Crippen LogP contribution < -0.4 is 19.1 Å². The van der Waals surface area contributed by atoms with Crippen molar-refractivity contribution in [2.24, 2.45) is 0 Å². The second-order valence-corrected chi connectivity index (χ2v) is 9.45. The number of ether oxygens (including phenoxy) is 3. The van der Waals surface area contributed by atoms with Crippen molar-refractivity contribution in [2.45, 2.75) is 32.2 Å². The molecule has 182 valence electrons. The lowest BCUT2D eigenvalue weighted by molar-refractivity contribution is -0.132. The molecule has 0 spiro atoms. The Bertz CT molecular complexity index is 1420. The summed E-state index contributed by atoms with van der Waals surface area (Å²) in [6.07, 6.45) is 0.724. The number of Topliss-reactive ketones (excluding diaryl/α,β-unsaturated/α-hetero) is 1. The van der Waals surface area contributed by atoms with Crippen molar-refractivity contribution in [3.8, 4) is 17.2 Å². The minimum absolute atomic E-state index is 0.0498. The monoisotopic (exact) mass is 483 g/mol. The number of nitrogens with zero attached hydrogens (tertiary/aromatic N) is 1. The van der Waals surface area contributed by atoms with Crippen LogP contribution in [0.2, 0.25) is 0 Å². The topological polar surface area (TPSA) is 85.3 Å². The number of fused-ring (bicyclic) bond motifs is 2. The average molecular weight is 484 g/mol. The van der Waals surface area contributed by atoms with E-state index in [2.05, 4.69) is 13.8 Å². The van der Waals surface area contributed by atoms with Crippen LogP contribution >= 0.6 is 0 Å². The van der Waals surface area contributed by atoms with Crippen molar-refractivity contribution in [2.75, 3.05) is 18.3 Å². The zero-order valence-corrected chi connectivity index (χ0v) is 20.0. The van der Waals surface area contributed by atoms with Gasteiger partial charge in [-0.05, 0) is 52.9 Å². The third-order valence-electron chi connectivity index (χ3n) is 6.96.